The number of benzene rings is 1. The van der Waals surface area contributed by atoms with Crippen molar-refractivity contribution in [3.05, 3.63) is 47.2 Å². The molecule has 0 radical (unpaired) electrons. The highest BCUT2D eigenvalue weighted by Gasteiger charge is 2.14. The summed E-state index contributed by atoms with van der Waals surface area (Å²) < 4.78 is 44.8. The first-order valence-corrected chi connectivity index (χ1v) is 7.63. The molecule has 1 aromatic rings. The molecule has 0 saturated heterocycles. The van der Waals surface area contributed by atoms with Gasteiger partial charge in [-0.15, -0.1) is 6.58 Å². The lowest BCUT2D eigenvalue weighted by atomic mass is 10.0. The molecule has 21 heavy (non-hydrogen) atoms. The molecular weight excluding hydrogens is 296 g/mol. The maximum Gasteiger partial charge on any atom is 0.387 e. The van der Waals surface area contributed by atoms with Crippen LogP contribution in [0, 0.1) is 0 Å². The highest BCUT2D eigenvalue weighted by Crippen LogP contribution is 2.33. The molecule has 6 heteroatoms. The lowest BCUT2D eigenvalue weighted by Gasteiger charge is -2.36. The van der Waals surface area contributed by atoms with Crippen LogP contribution in [0.5, 0.6) is 5.75 Å². The van der Waals surface area contributed by atoms with Crippen molar-refractivity contribution < 1.29 is 17.7 Å². The molecule has 0 aliphatic heterocycles. The Bertz CT molecular complexity index is 501. The van der Waals surface area contributed by atoms with Gasteiger partial charge in [0, 0.05) is 4.75 Å². The van der Waals surface area contributed by atoms with Gasteiger partial charge in [0.2, 0.25) is 0 Å². The van der Waals surface area contributed by atoms with Gasteiger partial charge in [-0.25, -0.2) is 0 Å². The fourth-order valence-corrected chi connectivity index (χ4v) is 2.32. The van der Waals surface area contributed by atoms with Crippen molar-refractivity contribution in [2.24, 2.45) is 0 Å². The van der Waals surface area contributed by atoms with Gasteiger partial charge in [0.1, 0.15) is 5.75 Å². The third-order valence-electron chi connectivity index (χ3n) is 2.60. The lowest BCUT2D eigenvalue weighted by Crippen LogP contribution is -2.21. The van der Waals surface area contributed by atoms with Gasteiger partial charge < -0.3 is 9.46 Å². The van der Waals surface area contributed by atoms with Crippen molar-refractivity contribution in [2.45, 2.75) is 44.6 Å². The third kappa shape index (κ3) is 5.93. The SMILES string of the molecule is C=CC[C@H]([N-]S(=O)C(C)(C)C)c1cccc(OC(F)F)c1. The molecule has 1 aromatic carbocycles. The fourth-order valence-electron chi connectivity index (χ4n) is 1.57. The Hall–Kier alpha value is -1.27. The molecule has 0 spiro atoms. The summed E-state index contributed by atoms with van der Waals surface area (Å²) in [5.74, 6) is 0.0632. The van der Waals surface area contributed by atoms with Gasteiger partial charge in [0.25, 0.3) is 0 Å². The monoisotopic (exact) mass is 316 g/mol. The fraction of sp³-hybridized carbons (Fsp3) is 0.467. The molecule has 1 unspecified atom stereocenters. The van der Waals surface area contributed by atoms with Crippen molar-refractivity contribution in [3.63, 3.8) is 0 Å². The molecule has 0 amide bonds. The number of hydrogen-bond donors (Lipinski definition) is 0. The summed E-state index contributed by atoms with van der Waals surface area (Å²) >= 11 is 0. The van der Waals surface area contributed by atoms with E-state index in [-0.39, 0.29) is 5.75 Å². The van der Waals surface area contributed by atoms with Crippen LogP contribution < -0.4 is 4.74 Å². The molecular formula is C15H20F2NO2S-. The van der Waals surface area contributed by atoms with E-state index >= 15 is 0 Å². The van der Waals surface area contributed by atoms with Gasteiger partial charge >= 0.3 is 6.61 Å². The van der Waals surface area contributed by atoms with Crippen molar-refractivity contribution in [3.8, 4) is 5.75 Å². The van der Waals surface area contributed by atoms with Gasteiger partial charge in [-0.05, 0) is 18.6 Å². The molecule has 0 fully saturated rings. The van der Waals surface area contributed by atoms with Gasteiger partial charge in [-0.3, -0.25) is 4.21 Å². The van der Waals surface area contributed by atoms with Gasteiger partial charge in [0.15, 0.2) is 0 Å². The standard InChI is InChI=1S/C15H20F2NO2S/c1-5-7-13(18-21(19)15(2,3)4)11-8-6-9-12(10-11)20-14(16)17/h5-6,8-10,13-14H,1,7H2,2-4H3/q-1/t13-,21?/m0/s1. The summed E-state index contributed by atoms with van der Waals surface area (Å²) in [6.45, 7) is 6.26. The molecule has 0 aliphatic rings. The van der Waals surface area contributed by atoms with Gasteiger partial charge in [-0.1, -0.05) is 61.6 Å². The second-order valence-corrected chi connectivity index (χ2v) is 7.39. The van der Waals surface area contributed by atoms with Crippen LogP contribution in [0.25, 0.3) is 4.72 Å². The van der Waals surface area contributed by atoms with Crippen LogP contribution in [-0.4, -0.2) is 15.6 Å². The number of nitrogens with zero attached hydrogens (tertiary/aromatic N) is 1. The summed E-state index contributed by atoms with van der Waals surface area (Å²) in [5, 5.41) is 0. The molecule has 2 atom stereocenters. The first-order chi connectivity index (χ1) is 9.74. The number of alkyl halides is 2. The third-order valence-corrected chi connectivity index (χ3v) is 4.10. The second kappa shape index (κ2) is 7.66. The normalized spacial score (nSPS) is 14.8. The highest BCUT2D eigenvalue weighted by molar-refractivity contribution is 7.89. The summed E-state index contributed by atoms with van der Waals surface area (Å²) in [6, 6.07) is 5.89. The van der Waals surface area contributed by atoms with E-state index in [9.17, 15) is 13.0 Å². The van der Waals surface area contributed by atoms with Crippen molar-refractivity contribution >= 4 is 11.0 Å². The number of hydrogen-bond acceptors (Lipinski definition) is 2. The topological polar surface area (TPSA) is 40.4 Å². The Kier molecular flexibility index (Phi) is 6.48. The summed E-state index contributed by atoms with van der Waals surface area (Å²) in [4.78, 5) is 0. The summed E-state index contributed by atoms with van der Waals surface area (Å²) in [5.41, 5.74) is 0.672. The Labute approximate surface area is 127 Å². The minimum absolute atomic E-state index is 0.0632. The number of ether oxygens (including phenoxy) is 1. The van der Waals surface area contributed by atoms with E-state index in [2.05, 4.69) is 16.0 Å². The maximum absolute atomic E-state index is 12.3. The predicted molar refractivity (Wildman–Crippen MR) is 81.9 cm³/mol. The zero-order chi connectivity index (χ0) is 16.0. The zero-order valence-electron chi connectivity index (χ0n) is 12.4. The van der Waals surface area contributed by atoms with Crippen LogP contribution in [0.1, 0.15) is 38.8 Å². The van der Waals surface area contributed by atoms with E-state index in [0.29, 0.717) is 12.0 Å². The molecule has 118 valence electrons. The average Bonchev–Trinajstić information content (AvgIpc) is 2.36. The van der Waals surface area contributed by atoms with E-state index in [4.69, 9.17) is 0 Å². The molecule has 0 bridgehead atoms. The molecule has 0 saturated carbocycles. The van der Waals surface area contributed by atoms with Crippen LogP contribution in [-0.2, 0) is 11.0 Å². The predicted octanol–water partition coefficient (Wildman–Crippen LogP) is 4.74. The van der Waals surface area contributed by atoms with Crippen LogP contribution in [0.15, 0.2) is 36.9 Å². The molecule has 1 rings (SSSR count). The van der Waals surface area contributed by atoms with Gasteiger partial charge in [-0.2, -0.15) is 8.78 Å². The maximum atomic E-state index is 12.3. The van der Waals surface area contributed by atoms with E-state index in [1.165, 1.54) is 12.1 Å². The Morgan fingerprint density at radius 3 is 2.62 bits per heavy atom. The largest absolute Gasteiger partial charge is 0.569 e. The van der Waals surface area contributed by atoms with Crippen LogP contribution >= 0.6 is 0 Å². The number of halogens is 2. The Morgan fingerprint density at radius 2 is 2.10 bits per heavy atom. The molecule has 3 nitrogen and oxygen atoms in total. The average molecular weight is 316 g/mol. The highest BCUT2D eigenvalue weighted by atomic mass is 32.2. The van der Waals surface area contributed by atoms with E-state index in [0.717, 1.165) is 0 Å². The molecule has 0 N–H and O–H groups in total. The minimum Gasteiger partial charge on any atom is -0.569 e. The van der Waals surface area contributed by atoms with Crippen LogP contribution in [0.4, 0.5) is 8.78 Å². The van der Waals surface area contributed by atoms with Crippen LogP contribution in [0.2, 0.25) is 0 Å². The Balaban J connectivity index is 2.95. The second-order valence-electron chi connectivity index (χ2n) is 5.46. The Morgan fingerprint density at radius 1 is 1.43 bits per heavy atom. The molecule has 0 aromatic heterocycles. The first-order valence-electron chi connectivity index (χ1n) is 6.52. The van der Waals surface area contributed by atoms with Crippen LogP contribution in [0.3, 0.4) is 0 Å². The molecule has 0 heterocycles. The van der Waals surface area contributed by atoms with E-state index < -0.39 is 28.4 Å². The van der Waals surface area contributed by atoms with Crippen molar-refractivity contribution in [2.75, 3.05) is 0 Å². The van der Waals surface area contributed by atoms with Gasteiger partial charge in [0.05, 0.1) is 0 Å². The lowest BCUT2D eigenvalue weighted by molar-refractivity contribution is -0.0498. The summed E-state index contributed by atoms with van der Waals surface area (Å²) in [7, 11) is -1.40. The number of rotatable bonds is 7. The smallest absolute Gasteiger partial charge is 0.387 e. The quantitative estimate of drug-likeness (QED) is 0.682. The first kappa shape index (κ1) is 17.8. The summed E-state index contributed by atoms with van der Waals surface area (Å²) in [6.07, 6.45) is 2.13. The van der Waals surface area contributed by atoms with Crippen molar-refractivity contribution in [1.82, 2.24) is 0 Å². The minimum atomic E-state index is -2.88. The van der Waals surface area contributed by atoms with Crippen molar-refractivity contribution in [1.29, 1.82) is 0 Å². The zero-order valence-corrected chi connectivity index (χ0v) is 13.2. The van der Waals surface area contributed by atoms with E-state index in [1.54, 1.807) is 18.2 Å². The molecule has 0 aliphatic carbocycles. The van der Waals surface area contributed by atoms with E-state index in [1.807, 2.05) is 20.8 Å².